The van der Waals surface area contributed by atoms with Gasteiger partial charge in [0.2, 0.25) is 5.91 Å². The highest BCUT2D eigenvalue weighted by molar-refractivity contribution is 5.88. The molecule has 1 saturated carbocycles. The molecule has 0 atom stereocenters. The van der Waals surface area contributed by atoms with Crippen LogP contribution in [0.15, 0.2) is 24.3 Å². The standard InChI is InChI=1S/C15H22N2O3/c1-19-13-5-3-12(4-6-13)11-20-10-2-9-17-14(18)15(16)7-8-15/h3-6H,2,7-11,16H2,1H3,(H,17,18). The molecule has 5 nitrogen and oxygen atoms in total. The minimum absolute atomic E-state index is 0.0346. The van der Waals surface area contributed by atoms with Crippen LogP contribution in [0.1, 0.15) is 24.8 Å². The molecule has 1 aromatic rings. The lowest BCUT2D eigenvalue weighted by Gasteiger charge is -2.10. The number of carbonyl (C=O) groups is 1. The van der Waals surface area contributed by atoms with Crippen LogP contribution >= 0.6 is 0 Å². The van der Waals surface area contributed by atoms with Crippen LogP contribution < -0.4 is 15.8 Å². The van der Waals surface area contributed by atoms with E-state index in [2.05, 4.69) is 5.32 Å². The summed E-state index contributed by atoms with van der Waals surface area (Å²) in [6, 6.07) is 7.78. The van der Waals surface area contributed by atoms with Gasteiger partial charge in [-0.2, -0.15) is 0 Å². The Morgan fingerprint density at radius 3 is 2.65 bits per heavy atom. The Labute approximate surface area is 119 Å². The van der Waals surface area contributed by atoms with Crippen molar-refractivity contribution < 1.29 is 14.3 Å². The van der Waals surface area contributed by atoms with Crippen LogP contribution in [0, 0.1) is 0 Å². The topological polar surface area (TPSA) is 73.6 Å². The smallest absolute Gasteiger partial charge is 0.240 e. The number of carbonyl (C=O) groups excluding carboxylic acids is 1. The predicted octanol–water partition coefficient (Wildman–Crippen LogP) is 1.21. The second kappa shape index (κ2) is 6.72. The minimum Gasteiger partial charge on any atom is -0.497 e. The molecule has 0 radical (unpaired) electrons. The Morgan fingerprint density at radius 1 is 1.35 bits per heavy atom. The lowest BCUT2D eigenvalue weighted by molar-refractivity contribution is -0.123. The maximum Gasteiger partial charge on any atom is 0.240 e. The van der Waals surface area contributed by atoms with Gasteiger partial charge in [-0.05, 0) is 37.0 Å². The first-order valence-corrected chi connectivity index (χ1v) is 6.92. The Kier molecular flexibility index (Phi) is 4.98. The zero-order chi connectivity index (χ0) is 14.4. The summed E-state index contributed by atoms with van der Waals surface area (Å²) >= 11 is 0. The highest BCUT2D eigenvalue weighted by atomic mass is 16.5. The Bertz CT molecular complexity index is 441. The normalized spacial score (nSPS) is 15.7. The van der Waals surface area contributed by atoms with Crippen LogP contribution in [0.3, 0.4) is 0 Å². The summed E-state index contributed by atoms with van der Waals surface area (Å²) < 4.78 is 10.6. The average molecular weight is 278 g/mol. The molecule has 0 saturated heterocycles. The molecule has 1 amide bonds. The first-order valence-electron chi connectivity index (χ1n) is 6.92. The van der Waals surface area contributed by atoms with E-state index in [1.807, 2.05) is 24.3 Å². The predicted molar refractivity (Wildman–Crippen MR) is 76.4 cm³/mol. The molecule has 3 N–H and O–H groups in total. The van der Waals surface area contributed by atoms with E-state index in [0.29, 0.717) is 19.8 Å². The molecular formula is C15H22N2O3. The number of benzene rings is 1. The number of nitrogens with two attached hydrogens (primary N) is 1. The number of amides is 1. The van der Waals surface area contributed by atoms with Crippen LogP contribution in [0.25, 0.3) is 0 Å². The van der Waals surface area contributed by atoms with Gasteiger partial charge in [-0.15, -0.1) is 0 Å². The van der Waals surface area contributed by atoms with Crippen molar-refractivity contribution in [1.29, 1.82) is 0 Å². The van der Waals surface area contributed by atoms with Crippen molar-refractivity contribution >= 4 is 5.91 Å². The molecule has 1 aliphatic carbocycles. The Balaban J connectivity index is 1.53. The van der Waals surface area contributed by atoms with Gasteiger partial charge in [-0.25, -0.2) is 0 Å². The molecular weight excluding hydrogens is 256 g/mol. The minimum atomic E-state index is -0.579. The third-order valence-corrected chi connectivity index (χ3v) is 3.42. The highest BCUT2D eigenvalue weighted by Gasteiger charge is 2.45. The number of nitrogens with one attached hydrogen (secondary N) is 1. The van der Waals surface area contributed by atoms with Crippen molar-refractivity contribution in [2.45, 2.75) is 31.4 Å². The molecule has 0 aromatic heterocycles. The quantitative estimate of drug-likeness (QED) is 0.701. The molecule has 1 aromatic carbocycles. The maximum atomic E-state index is 11.6. The summed E-state index contributed by atoms with van der Waals surface area (Å²) in [6.45, 7) is 1.79. The van der Waals surface area contributed by atoms with Crippen LogP contribution in [0.2, 0.25) is 0 Å². The summed E-state index contributed by atoms with van der Waals surface area (Å²) in [6.07, 6.45) is 2.39. The van der Waals surface area contributed by atoms with Crippen molar-refractivity contribution in [3.8, 4) is 5.75 Å². The van der Waals surface area contributed by atoms with Crippen LogP contribution in [-0.2, 0) is 16.1 Å². The highest BCUT2D eigenvalue weighted by Crippen LogP contribution is 2.31. The fourth-order valence-corrected chi connectivity index (χ4v) is 1.83. The van der Waals surface area contributed by atoms with Gasteiger partial charge in [0.05, 0.1) is 19.3 Å². The first kappa shape index (κ1) is 14.8. The largest absolute Gasteiger partial charge is 0.497 e. The summed E-state index contributed by atoms with van der Waals surface area (Å²) in [4.78, 5) is 11.6. The Morgan fingerprint density at radius 2 is 2.05 bits per heavy atom. The molecule has 5 heteroatoms. The van der Waals surface area contributed by atoms with Gasteiger partial charge in [0.25, 0.3) is 0 Å². The number of hydrogen-bond acceptors (Lipinski definition) is 4. The monoisotopic (exact) mass is 278 g/mol. The third kappa shape index (κ3) is 4.21. The van der Waals surface area contributed by atoms with Crippen LogP contribution in [-0.4, -0.2) is 31.7 Å². The number of hydrogen-bond donors (Lipinski definition) is 2. The lowest BCUT2D eigenvalue weighted by Crippen LogP contribution is -2.43. The zero-order valence-electron chi connectivity index (χ0n) is 11.9. The Hall–Kier alpha value is -1.59. The molecule has 1 aliphatic rings. The molecule has 0 spiro atoms. The van der Waals surface area contributed by atoms with E-state index >= 15 is 0 Å². The third-order valence-electron chi connectivity index (χ3n) is 3.42. The molecule has 110 valence electrons. The maximum absolute atomic E-state index is 11.6. The van der Waals surface area contributed by atoms with Crippen molar-refractivity contribution in [2.75, 3.05) is 20.3 Å². The van der Waals surface area contributed by atoms with Gasteiger partial charge in [0, 0.05) is 13.2 Å². The van der Waals surface area contributed by atoms with Gasteiger partial charge in [0.1, 0.15) is 5.75 Å². The summed E-state index contributed by atoms with van der Waals surface area (Å²) in [5.41, 5.74) is 6.30. The van der Waals surface area contributed by atoms with E-state index in [-0.39, 0.29) is 5.91 Å². The number of ether oxygens (including phenoxy) is 2. The fourth-order valence-electron chi connectivity index (χ4n) is 1.83. The van der Waals surface area contributed by atoms with E-state index in [9.17, 15) is 4.79 Å². The van der Waals surface area contributed by atoms with Crippen molar-refractivity contribution in [1.82, 2.24) is 5.32 Å². The van der Waals surface area contributed by atoms with Crippen LogP contribution in [0.5, 0.6) is 5.75 Å². The van der Waals surface area contributed by atoms with Gasteiger partial charge >= 0.3 is 0 Å². The molecule has 0 bridgehead atoms. The van der Waals surface area contributed by atoms with E-state index < -0.39 is 5.54 Å². The fraction of sp³-hybridized carbons (Fsp3) is 0.533. The van der Waals surface area contributed by atoms with Gasteiger partial charge < -0.3 is 20.5 Å². The molecule has 0 heterocycles. The molecule has 2 rings (SSSR count). The van der Waals surface area contributed by atoms with E-state index in [1.54, 1.807) is 7.11 Å². The van der Waals surface area contributed by atoms with Crippen molar-refractivity contribution in [3.63, 3.8) is 0 Å². The number of methoxy groups -OCH3 is 1. The van der Waals surface area contributed by atoms with Crippen molar-refractivity contribution in [3.05, 3.63) is 29.8 Å². The van der Waals surface area contributed by atoms with Gasteiger partial charge in [-0.3, -0.25) is 4.79 Å². The SMILES string of the molecule is COc1ccc(COCCCNC(=O)C2(N)CC2)cc1. The summed E-state index contributed by atoms with van der Waals surface area (Å²) in [5, 5.41) is 2.84. The van der Waals surface area contributed by atoms with E-state index in [0.717, 1.165) is 30.6 Å². The van der Waals surface area contributed by atoms with E-state index in [4.69, 9.17) is 15.2 Å². The van der Waals surface area contributed by atoms with Gasteiger partial charge in [-0.1, -0.05) is 12.1 Å². The second-order valence-corrected chi connectivity index (χ2v) is 5.17. The lowest BCUT2D eigenvalue weighted by atomic mass is 10.2. The molecule has 0 aliphatic heterocycles. The van der Waals surface area contributed by atoms with Gasteiger partial charge in [0.15, 0.2) is 0 Å². The number of rotatable bonds is 8. The zero-order valence-corrected chi connectivity index (χ0v) is 11.9. The summed E-state index contributed by atoms with van der Waals surface area (Å²) in [7, 11) is 1.65. The molecule has 20 heavy (non-hydrogen) atoms. The second-order valence-electron chi connectivity index (χ2n) is 5.17. The summed E-state index contributed by atoms with van der Waals surface area (Å²) in [5.74, 6) is 0.805. The van der Waals surface area contributed by atoms with Crippen LogP contribution in [0.4, 0.5) is 0 Å². The molecule has 0 unspecified atom stereocenters. The van der Waals surface area contributed by atoms with Crippen molar-refractivity contribution in [2.24, 2.45) is 5.73 Å². The first-order chi connectivity index (χ1) is 9.64. The average Bonchev–Trinajstić information content (AvgIpc) is 3.22. The molecule has 1 fully saturated rings. The van der Waals surface area contributed by atoms with E-state index in [1.165, 1.54) is 0 Å².